The zero-order valence-corrected chi connectivity index (χ0v) is 23.3. The number of rotatable bonds is 11. The normalized spacial score (nSPS) is 13.6. The van der Waals surface area contributed by atoms with Crippen LogP contribution in [-0.2, 0) is 11.5 Å². The average Bonchev–Trinajstić information content (AvgIpc) is 3.27. The molecule has 2 N–H and O–H groups in total. The largest absolute Gasteiger partial charge is 0.496 e. The Hall–Kier alpha value is -3.04. The maximum Gasteiger partial charge on any atom is 0.160 e. The Kier molecular flexibility index (Phi) is 8.44. The van der Waals surface area contributed by atoms with Gasteiger partial charge in [-0.1, -0.05) is 56.9 Å². The summed E-state index contributed by atoms with van der Waals surface area (Å²) in [6.45, 7) is 9.86. The molecule has 196 valence electrons. The molecule has 0 amide bonds. The molecule has 0 saturated carbocycles. The van der Waals surface area contributed by atoms with E-state index in [9.17, 15) is 10.2 Å². The average molecular weight is 520 g/mol. The Morgan fingerprint density at radius 2 is 1.78 bits per heavy atom. The van der Waals surface area contributed by atoms with Gasteiger partial charge in [0.25, 0.3) is 0 Å². The van der Waals surface area contributed by atoms with E-state index in [1.54, 1.807) is 7.11 Å². The van der Waals surface area contributed by atoms with Crippen molar-refractivity contribution < 1.29 is 19.7 Å². The highest BCUT2D eigenvalue weighted by Crippen LogP contribution is 2.36. The van der Waals surface area contributed by atoms with Crippen LogP contribution in [0.25, 0.3) is 33.4 Å². The van der Waals surface area contributed by atoms with Gasteiger partial charge in [-0.3, -0.25) is 0 Å². The summed E-state index contributed by atoms with van der Waals surface area (Å²) in [4.78, 5) is 4.79. The SMILES string of the molecule is CC[C@H](O)[C@@H](O)c1cccc(-c2cnc3c(c2)c(-c2ccccc2OC)nn3COCC[Si](C)(C)C)c1. The molecular formula is C29H37N3O4Si. The maximum atomic E-state index is 10.5. The highest BCUT2D eigenvalue weighted by molar-refractivity contribution is 6.76. The zero-order chi connectivity index (χ0) is 26.6. The van der Waals surface area contributed by atoms with Crippen LogP contribution < -0.4 is 4.74 Å². The summed E-state index contributed by atoms with van der Waals surface area (Å²) >= 11 is 0. The third kappa shape index (κ3) is 6.27. The van der Waals surface area contributed by atoms with Gasteiger partial charge in [-0.15, -0.1) is 0 Å². The number of hydrogen-bond acceptors (Lipinski definition) is 6. The van der Waals surface area contributed by atoms with Gasteiger partial charge in [0.05, 0.1) is 13.2 Å². The standard InChI is InChI=1S/C29H37N3O4Si/c1-6-25(33)28(34)21-11-9-10-20(16-21)22-17-24-27(23-12-7-8-13-26(23)35-2)31-32(29(24)30-18-22)19-36-14-15-37(3,4)5/h7-13,16-18,25,28,33-34H,6,14-15,19H2,1-5H3/t25-,28-/m0/s1. The van der Waals surface area contributed by atoms with E-state index in [-0.39, 0.29) is 0 Å². The Labute approximate surface area is 219 Å². The lowest BCUT2D eigenvalue weighted by Crippen LogP contribution is -2.22. The lowest BCUT2D eigenvalue weighted by Gasteiger charge is -2.17. The van der Waals surface area contributed by atoms with Crippen LogP contribution in [0.5, 0.6) is 5.75 Å². The second-order valence-corrected chi connectivity index (χ2v) is 16.2. The van der Waals surface area contributed by atoms with E-state index in [4.69, 9.17) is 19.6 Å². The number of hydrogen-bond donors (Lipinski definition) is 2. The quantitative estimate of drug-likeness (QED) is 0.190. The van der Waals surface area contributed by atoms with Crippen molar-refractivity contribution in [3.8, 4) is 28.1 Å². The molecule has 0 spiro atoms. The molecule has 4 rings (SSSR count). The predicted molar refractivity (Wildman–Crippen MR) is 150 cm³/mol. The molecule has 0 aliphatic rings. The first-order valence-corrected chi connectivity index (χ1v) is 16.5. The summed E-state index contributed by atoms with van der Waals surface area (Å²) in [5, 5.41) is 26.5. The molecule has 0 aliphatic heterocycles. The number of aromatic nitrogens is 3. The third-order valence-corrected chi connectivity index (χ3v) is 8.21. The molecular weight excluding hydrogens is 482 g/mol. The molecule has 2 heterocycles. The van der Waals surface area contributed by atoms with Gasteiger partial charge >= 0.3 is 0 Å². The Morgan fingerprint density at radius 3 is 2.51 bits per heavy atom. The summed E-state index contributed by atoms with van der Waals surface area (Å²) in [6, 6.07) is 18.6. The van der Waals surface area contributed by atoms with Crippen LogP contribution >= 0.6 is 0 Å². The number of benzene rings is 2. The minimum Gasteiger partial charge on any atom is -0.496 e. The molecule has 0 saturated heterocycles. The number of para-hydroxylation sites is 1. The summed E-state index contributed by atoms with van der Waals surface area (Å²) in [5.41, 5.74) is 4.85. The lowest BCUT2D eigenvalue weighted by atomic mass is 9.97. The fraction of sp³-hybridized carbons (Fsp3) is 0.379. The van der Waals surface area contributed by atoms with Gasteiger partial charge in [0.2, 0.25) is 0 Å². The van der Waals surface area contributed by atoms with Gasteiger partial charge in [0.1, 0.15) is 24.3 Å². The van der Waals surface area contributed by atoms with Gasteiger partial charge in [0.15, 0.2) is 5.65 Å². The van der Waals surface area contributed by atoms with E-state index in [2.05, 4.69) is 25.7 Å². The van der Waals surface area contributed by atoms with E-state index in [0.717, 1.165) is 45.2 Å². The van der Waals surface area contributed by atoms with E-state index < -0.39 is 20.3 Å². The van der Waals surface area contributed by atoms with Gasteiger partial charge in [-0.25, -0.2) is 9.67 Å². The first-order valence-electron chi connectivity index (χ1n) is 12.8. The third-order valence-electron chi connectivity index (χ3n) is 6.50. The number of pyridine rings is 1. The fourth-order valence-corrected chi connectivity index (χ4v) is 4.98. The van der Waals surface area contributed by atoms with Crippen LogP contribution in [0.1, 0.15) is 25.0 Å². The summed E-state index contributed by atoms with van der Waals surface area (Å²) in [6.07, 6.45) is 0.533. The summed E-state index contributed by atoms with van der Waals surface area (Å²) < 4.78 is 13.5. The van der Waals surface area contributed by atoms with E-state index in [1.165, 1.54) is 0 Å². The number of nitrogens with zero attached hydrogens (tertiary/aromatic N) is 3. The van der Waals surface area contributed by atoms with E-state index in [1.807, 2.05) is 66.3 Å². The van der Waals surface area contributed by atoms with Gasteiger partial charge in [-0.2, -0.15) is 5.10 Å². The minimum absolute atomic E-state index is 0.319. The van der Waals surface area contributed by atoms with Crippen molar-refractivity contribution in [1.82, 2.24) is 14.8 Å². The van der Waals surface area contributed by atoms with Crippen LogP contribution in [0.3, 0.4) is 0 Å². The number of methoxy groups -OCH3 is 1. The first-order chi connectivity index (χ1) is 17.7. The van der Waals surface area contributed by atoms with Crippen molar-refractivity contribution in [2.24, 2.45) is 0 Å². The maximum absolute atomic E-state index is 10.5. The zero-order valence-electron chi connectivity index (χ0n) is 22.3. The fourth-order valence-electron chi connectivity index (χ4n) is 4.22. The molecule has 2 atom stereocenters. The molecule has 8 heteroatoms. The van der Waals surface area contributed by atoms with Crippen molar-refractivity contribution in [2.75, 3.05) is 13.7 Å². The van der Waals surface area contributed by atoms with Crippen molar-refractivity contribution in [3.05, 3.63) is 66.4 Å². The van der Waals surface area contributed by atoms with Crippen LogP contribution in [0.2, 0.25) is 25.7 Å². The highest BCUT2D eigenvalue weighted by atomic mass is 28.3. The topological polar surface area (TPSA) is 89.6 Å². The van der Waals surface area contributed by atoms with Crippen LogP contribution in [0, 0.1) is 0 Å². The predicted octanol–water partition coefficient (Wildman–Crippen LogP) is 5.89. The first kappa shape index (κ1) is 27.0. The second kappa shape index (κ2) is 11.6. The van der Waals surface area contributed by atoms with Crippen LogP contribution in [0.15, 0.2) is 60.8 Å². The van der Waals surface area contributed by atoms with Crippen LogP contribution in [-0.4, -0.2) is 52.9 Å². The summed E-state index contributed by atoms with van der Waals surface area (Å²) in [7, 11) is 0.459. The highest BCUT2D eigenvalue weighted by Gasteiger charge is 2.20. The number of aliphatic hydroxyl groups excluding tert-OH is 2. The monoisotopic (exact) mass is 519 g/mol. The van der Waals surface area contributed by atoms with E-state index >= 15 is 0 Å². The number of ether oxygens (including phenoxy) is 2. The molecule has 7 nitrogen and oxygen atoms in total. The van der Waals surface area contributed by atoms with Crippen LogP contribution in [0.4, 0.5) is 0 Å². The van der Waals surface area contributed by atoms with Crippen molar-refractivity contribution >= 4 is 19.1 Å². The number of aliphatic hydroxyl groups is 2. The van der Waals surface area contributed by atoms with Crippen molar-refractivity contribution in [3.63, 3.8) is 0 Å². The summed E-state index contributed by atoms with van der Waals surface area (Å²) in [5.74, 6) is 0.734. The molecule has 0 bridgehead atoms. The smallest absolute Gasteiger partial charge is 0.160 e. The molecule has 0 fully saturated rings. The molecule has 0 radical (unpaired) electrons. The lowest BCUT2D eigenvalue weighted by molar-refractivity contribution is 0.0165. The van der Waals surface area contributed by atoms with Crippen molar-refractivity contribution in [1.29, 1.82) is 0 Å². The Bertz CT molecular complexity index is 1350. The minimum atomic E-state index is -1.20. The van der Waals surface area contributed by atoms with Gasteiger partial charge in [-0.05, 0) is 47.9 Å². The molecule has 2 aromatic heterocycles. The Balaban J connectivity index is 1.76. The van der Waals surface area contributed by atoms with Crippen molar-refractivity contribution in [2.45, 2.75) is 58.0 Å². The van der Waals surface area contributed by atoms with E-state index in [0.29, 0.717) is 25.3 Å². The molecule has 2 aromatic carbocycles. The second-order valence-electron chi connectivity index (χ2n) is 10.5. The molecule has 0 aliphatic carbocycles. The number of fused-ring (bicyclic) bond motifs is 1. The molecule has 0 unspecified atom stereocenters. The molecule has 4 aromatic rings. The Morgan fingerprint density at radius 1 is 1.00 bits per heavy atom. The van der Waals surface area contributed by atoms with Gasteiger partial charge < -0.3 is 19.7 Å². The molecule has 37 heavy (non-hydrogen) atoms. The van der Waals surface area contributed by atoms with Gasteiger partial charge in [0, 0.05) is 37.4 Å².